The van der Waals surface area contributed by atoms with Crippen LogP contribution in [0.25, 0.3) is 22.2 Å². The number of halogens is 7. The molecule has 2 aliphatic carbocycles. The van der Waals surface area contributed by atoms with E-state index in [0.717, 1.165) is 24.3 Å². The van der Waals surface area contributed by atoms with Gasteiger partial charge in [0.2, 0.25) is 5.91 Å². The third kappa shape index (κ3) is 6.68. The number of alkyl halides is 4. The van der Waals surface area contributed by atoms with Crippen LogP contribution in [0.1, 0.15) is 77.2 Å². The molecular weight excluding hydrogens is 733 g/mol. The number of amides is 1. The topological polar surface area (TPSA) is 140 Å². The number of fused-ring (bicyclic) bond motifs is 4. The van der Waals surface area contributed by atoms with Gasteiger partial charge in [0.15, 0.2) is 15.6 Å². The third-order valence-electron chi connectivity index (χ3n) is 9.57. The zero-order valence-corrected chi connectivity index (χ0v) is 28.6. The first-order valence-corrected chi connectivity index (χ1v) is 18.1. The number of hydrogen-bond donors (Lipinski definition) is 2. The summed E-state index contributed by atoms with van der Waals surface area (Å²) in [4.78, 5) is 31.4. The van der Waals surface area contributed by atoms with Gasteiger partial charge in [-0.25, -0.2) is 35.4 Å². The van der Waals surface area contributed by atoms with Crippen molar-refractivity contribution in [2.75, 3.05) is 5.75 Å². The molecule has 18 heteroatoms. The van der Waals surface area contributed by atoms with Gasteiger partial charge in [-0.3, -0.25) is 19.4 Å². The number of rotatable bonds is 12. The number of carbonyl (C=O) groups is 2. The number of benzene rings is 2. The Morgan fingerprint density at radius 3 is 2.43 bits per heavy atom. The van der Waals surface area contributed by atoms with Crippen molar-refractivity contribution in [2.24, 2.45) is 5.92 Å². The largest absolute Gasteiger partial charge is 0.346 e. The summed E-state index contributed by atoms with van der Waals surface area (Å²) in [7, 11) is -3.93. The van der Waals surface area contributed by atoms with Crippen molar-refractivity contribution in [3.63, 3.8) is 0 Å². The number of H-pyrrole nitrogens is 1. The van der Waals surface area contributed by atoms with Gasteiger partial charge in [0.25, 0.3) is 12.3 Å². The third-order valence-corrected chi connectivity index (χ3v) is 11.7. The summed E-state index contributed by atoms with van der Waals surface area (Å²) in [5.41, 5.74) is -1.60. The number of carbonyl (C=O) groups excluding carboxylic acids is 2. The number of nitrogens with zero attached hydrogens (tertiary/aromatic N) is 4. The van der Waals surface area contributed by atoms with E-state index in [2.05, 4.69) is 25.6 Å². The molecule has 7 rings (SSSR count). The number of pyridine rings is 1. The highest BCUT2D eigenvalue weighted by atomic mass is 32.2. The zero-order chi connectivity index (χ0) is 38.1. The summed E-state index contributed by atoms with van der Waals surface area (Å²) in [6, 6.07) is 6.07. The minimum atomic E-state index is -3.93. The molecule has 3 atom stereocenters. The molecule has 1 amide bonds. The molecule has 3 aromatic heterocycles. The molecule has 0 saturated heterocycles. The number of aromatic nitrogens is 5. The van der Waals surface area contributed by atoms with E-state index in [4.69, 9.17) is 0 Å². The van der Waals surface area contributed by atoms with Gasteiger partial charge in [0.05, 0.1) is 34.3 Å². The van der Waals surface area contributed by atoms with Crippen molar-refractivity contribution in [1.82, 2.24) is 30.3 Å². The molecule has 0 aliphatic heterocycles. The van der Waals surface area contributed by atoms with Crippen LogP contribution in [-0.2, 0) is 33.5 Å². The quantitative estimate of drug-likeness (QED) is 0.109. The minimum absolute atomic E-state index is 0.0118. The maximum atomic E-state index is 15.2. The normalized spacial score (nSPS) is 18.0. The molecule has 2 unspecified atom stereocenters. The Kier molecular flexibility index (Phi) is 8.94. The van der Waals surface area contributed by atoms with Crippen molar-refractivity contribution in [1.29, 1.82) is 0 Å². The molecule has 1 saturated carbocycles. The summed E-state index contributed by atoms with van der Waals surface area (Å²) >= 11 is 0. The first-order valence-electron chi connectivity index (χ1n) is 16.3. The van der Waals surface area contributed by atoms with Crippen LogP contribution >= 0.6 is 0 Å². The molecule has 2 aromatic carbocycles. The average molecular weight is 763 g/mol. The number of ketones is 1. The van der Waals surface area contributed by atoms with Crippen molar-refractivity contribution < 1.29 is 48.7 Å². The molecule has 3 heterocycles. The molecule has 0 spiro atoms. The van der Waals surface area contributed by atoms with Gasteiger partial charge in [-0.1, -0.05) is 6.07 Å². The van der Waals surface area contributed by atoms with E-state index in [9.17, 15) is 35.6 Å². The lowest BCUT2D eigenvalue weighted by Gasteiger charge is -2.23. The van der Waals surface area contributed by atoms with Crippen LogP contribution in [0.2, 0.25) is 0 Å². The van der Waals surface area contributed by atoms with Crippen LogP contribution in [0, 0.1) is 23.4 Å². The fourth-order valence-corrected chi connectivity index (χ4v) is 7.71. The molecule has 1 fully saturated rings. The Labute approximate surface area is 296 Å². The van der Waals surface area contributed by atoms with Gasteiger partial charge in [0.1, 0.15) is 46.7 Å². The van der Waals surface area contributed by atoms with Crippen LogP contribution in [0.4, 0.5) is 30.7 Å². The number of aromatic amines is 1. The maximum absolute atomic E-state index is 15.2. The number of sulfone groups is 1. The van der Waals surface area contributed by atoms with Gasteiger partial charge in [0, 0.05) is 23.1 Å². The summed E-state index contributed by atoms with van der Waals surface area (Å²) in [5.74, 6) is -11.4. The Morgan fingerprint density at radius 1 is 1.04 bits per heavy atom. The van der Waals surface area contributed by atoms with Crippen LogP contribution in [0.15, 0.2) is 48.7 Å². The predicted molar refractivity (Wildman–Crippen MR) is 175 cm³/mol. The van der Waals surface area contributed by atoms with E-state index < -0.39 is 104 Å². The first kappa shape index (κ1) is 36.2. The Balaban J connectivity index is 1.31. The van der Waals surface area contributed by atoms with Gasteiger partial charge >= 0.3 is 0 Å². The molecule has 0 bridgehead atoms. The van der Waals surface area contributed by atoms with Gasteiger partial charge < -0.3 is 5.32 Å². The van der Waals surface area contributed by atoms with Crippen molar-refractivity contribution in [2.45, 2.75) is 62.8 Å². The van der Waals surface area contributed by atoms with Crippen molar-refractivity contribution >= 4 is 32.6 Å². The van der Waals surface area contributed by atoms with E-state index in [0.29, 0.717) is 16.3 Å². The smallest absolute Gasteiger partial charge is 0.293 e. The monoisotopic (exact) mass is 762 g/mol. The van der Waals surface area contributed by atoms with Crippen LogP contribution in [0.5, 0.6) is 0 Å². The lowest BCUT2D eigenvalue weighted by Crippen LogP contribution is -2.35. The van der Waals surface area contributed by atoms with E-state index >= 15 is 13.2 Å². The fourth-order valence-electron chi connectivity index (χ4n) is 6.86. The highest BCUT2D eigenvalue weighted by Gasteiger charge is 2.67. The van der Waals surface area contributed by atoms with Gasteiger partial charge in [-0.05, 0) is 74.1 Å². The van der Waals surface area contributed by atoms with Crippen LogP contribution < -0.4 is 5.32 Å². The molecule has 278 valence electrons. The summed E-state index contributed by atoms with van der Waals surface area (Å²) in [6.45, 7) is 1.81. The molecule has 53 heavy (non-hydrogen) atoms. The molecule has 2 aliphatic rings. The number of Topliss-reactive ketones (excluding diaryl/α,β-unsaturated/α-hetero) is 1. The molecule has 5 aromatic rings. The standard InChI is InChI=1S/C35H29F7N6O4S/c1-15(2)53(51,52)14-28(49)22-8-17(3-4-24(22)38)20-11-25-27(12-43-46-25)45-31(20)26(7-16-5-18(36)9-19(37)6-16)44-29(50)13-48-33-30(32(47-48)34(39)40)21-10-23(21)35(33,41)42/h3-6,8-9,11-12,15,21,23,26,34H,7,10,13-14H2,1-2H3,(H,43,46)(H,44,50)/t21-,23?,26?/m0/s1. The molecule has 10 nitrogen and oxygen atoms in total. The second-order valence-electron chi connectivity index (χ2n) is 13.5. The highest BCUT2D eigenvalue weighted by molar-refractivity contribution is 7.92. The second kappa shape index (κ2) is 13.1. The lowest BCUT2D eigenvalue weighted by atomic mass is 9.93. The summed E-state index contributed by atoms with van der Waals surface area (Å²) in [5, 5.41) is 12.0. The van der Waals surface area contributed by atoms with Crippen LogP contribution in [0.3, 0.4) is 0 Å². The Hall–Kier alpha value is -5.13. The van der Waals surface area contributed by atoms with E-state index in [1.807, 2.05) is 0 Å². The summed E-state index contributed by atoms with van der Waals surface area (Å²) in [6.07, 6.45) is -2.20. The minimum Gasteiger partial charge on any atom is -0.346 e. The molecule has 0 radical (unpaired) electrons. The SMILES string of the molecule is CC(C)S(=O)(=O)CC(=O)c1cc(-c2cc3[nH]ncc3nc2C(Cc2cc(F)cc(F)c2)NC(=O)Cn2nc(C(F)F)c3c2C(F)(F)C2C[C@H]32)ccc1F. The second-order valence-corrected chi connectivity index (χ2v) is 16.0. The van der Waals surface area contributed by atoms with Crippen molar-refractivity contribution in [3.05, 3.63) is 99.9 Å². The van der Waals surface area contributed by atoms with Gasteiger partial charge in [-0.2, -0.15) is 19.0 Å². The van der Waals surface area contributed by atoms with E-state index in [1.54, 1.807) is 0 Å². The maximum Gasteiger partial charge on any atom is 0.293 e. The average Bonchev–Trinajstić information content (AvgIpc) is 3.48. The molecule has 2 N–H and O–H groups in total. The predicted octanol–water partition coefficient (Wildman–Crippen LogP) is 6.49. The van der Waals surface area contributed by atoms with Crippen molar-refractivity contribution in [3.8, 4) is 11.1 Å². The zero-order valence-electron chi connectivity index (χ0n) is 27.8. The van der Waals surface area contributed by atoms with E-state index in [1.165, 1.54) is 32.2 Å². The lowest BCUT2D eigenvalue weighted by molar-refractivity contribution is -0.123. The molecular formula is C35H29F7N6O4S. The van der Waals surface area contributed by atoms with E-state index in [-0.39, 0.29) is 46.3 Å². The Bertz CT molecular complexity index is 2390. The Morgan fingerprint density at radius 2 is 1.75 bits per heavy atom. The first-order chi connectivity index (χ1) is 24.9. The fraction of sp³-hybridized carbons (Fsp3) is 0.343. The highest BCUT2D eigenvalue weighted by Crippen LogP contribution is 2.68. The van der Waals surface area contributed by atoms with Crippen LogP contribution in [-0.4, -0.2) is 56.1 Å². The number of nitrogens with one attached hydrogen (secondary N) is 2. The number of hydrogen-bond acceptors (Lipinski definition) is 7. The van der Waals surface area contributed by atoms with Gasteiger partial charge in [-0.15, -0.1) is 0 Å². The summed E-state index contributed by atoms with van der Waals surface area (Å²) < 4.78 is 128.